The highest BCUT2D eigenvalue weighted by atomic mass is 32.2. The summed E-state index contributed by atoms with van der Waals surface area (Å²) in [5.41, 5.74) is 1.95. The topological polar surface area (TPSA) is 119 Å². The van der Waals surface area contributed by atoms with Crippen molar-refractivity contribution in [2.75, 3.05) is 46.2 Å². The van der Waals surface area contributed by atoms with E-state index >= 15 is 0 Å². The van der Waals surface area contributed by atoms with Gasteiger partial charge in [-0.3, -0.25) is 4.79 Å². The van der Waals surface area contributed by atoms with Gasteiger partial charge in [0.05, 0.1) is 18.8 Å². The third kappa shape index (κ3) is 6.98. The number of halogens is 1. The van der Waals surface area contributed by atoms with Gasteiger partial charge in [-0.1, -0.05) is 37.3 Å². The van der Waals surface area contributed by atoms with E-state index in [1.807, 2.05) is 6.92 Å². The van der Waals surface area contributed by atoms with Crippen molar-refractivity contribution in [1.29, 1.82) is 0 Å². The maximum Gasteiger partial charge on any atom is 0.321 e. The number of nitrogens with zero attached hydrogens (tertiary/aromatic N) is 3. The largest absolute Gasteiger partial charge is 0.487 e. The second-order valence-corrected chi connectivity index (χ2v) is 12.8. The van der Waals surface area contributed by atoms with Crippen molar-refractivity contribution in [2.24, 2.45) is 5.92 Å². The predicted molar refractivity (Wildman–Crippen MR) is 162 cm³/mol. The number of hydrogen-bond donors (Lipinski definition) is 2. The number of ether oxygens (including phenoxy) is 1. The van der Waals surface area contributed by atoms with E-state index in [9.17, 15) is 27.5 Å². The molecule has 0 unspecified atom stereocenters. The zero-order valence-electron chi connectivity index (χ0n) is 24.8. The van der Waals surface area contributed by atoms with Crippen LogP contribution in [0.4, 0.5) is 14.9 Å². The minimum Gasteiger partial charge on any atom is -0.487 e. The van der Waals surface area contributed by atoms with Gasteiger partial charge in [0, 0.05) is 45.2 Å². The summed E-state index contributed by atoms with van der Waals surface area (Å²) < 4.78 is 49.4. The van der Waals surface area contributed by atoms with E-state index in [-0.39, 0.29) is 41.9 Å². The zero-order chi connectivity index (χ0) is 31.5. The lowest BCUT2D eigenvalue weighted by Crippen LogP contribution is -2.50. The molecule has 1 heterocycles. The SMILES string of the molecule is C[C@H](CO)N1C[C@H](C)[C@@H](CN(C)C(=O)Nc2ccccc2F)Oc2cc(-c3ccc(C(=O)N(C)C)cc3)ccc2S1(=O)=O. The highest BCUT2D eigenvalue weighted by molar-refractivity contribution is 7.89. The molecule has 1 aliphatic heterocycles. The van der Waals surface area contributed by atoms with E-state index in [2.05, 4.69) is 5.32 Å². The molecule has 1 aliphatic rings. The smallest absolute Gasteiger partial charge is 0.321 e. The Morgan fingerprint density at radius 2 is 1.72 bits per heavy atom. The second-order valence-electron chi connectivity index (χ2n) is 11.0. The van der Waals surface area contributed by atoms with Crippen LogP contribution in [-0.4, -0.2) is 92.6 Å². The minimum atomic E-state index is -4.06. The van der Waals surface area contributed by atoms with Crippen molar-refractivity contribution >= 4 is 27.6 Å². The first-order valence-corrected chi connectivity index (χ1v) is 15.3. The molecule has 0 radical (unpaired) electrons. The normalized spacial score (nSPS) is 18.8. The van der Waals surface area contributed by atoms with Crippen LogP contribution >= 0.6 is 0 Å². The Balaban J connectivity index is 1.69. The summed E-state index contributed by atoms with van der Waals surface area (Å²) in [5, 5.41) is 12.4. The fourth-order valence-corrected chi connectivity index (χ4v) is 6.64. The Morgan fingerprint density at radius 3 is 2.35 bits per heavy atom. The average molecular weight is 613 g/mol. The molecule has 0 aliphatic carbocycles. The maximum atomic E-state index is 14.1. The van der Waals surface area contributed by atoms with Gasteiger partial charge < -0.3 is 25.0 Å². The Morgan fingerprint density at radius 1 is 1.07 bits per heavy atom. The molecular formula is C31H37FN4O6S. The lowest BCUT2D eigenvalue weighted by atomic mass is 10.0. The number of fused-ring (bicyclic) bond motifs is 1. The van der Waals surface area contributed by atoms with Crippen LogP contribution < -0.4 is 10.1 Å². The fourth-order valence-electron chi connectivity index (χ4n) is 4.81. The summed E-state index contributed by atoms with van der Waals surface area (Å²) in [5.74, 6) is -1.02. The van der Waals surface area contributed by atoms with E-state index in [0.29, 0.717) is 11.1 Å². The summed E-state index contributed by atoms with van der Waals surface area (Å²) >= 11 is 0. The van der Waals surface area contributed by atoms with Crippen LogP contribution in [0.15, 0.2) is 71.6 Å². The van der Waals surface area contributed by atoms with Crippen molar-refractivity contribution in [3.63, 3.8) is 0 Å². The lowest BCUT2D eigenvalue weighted by molar-refractivity contribution is 0.0827. The van der Waals surface area contributed by atoms with Crippen molar-refractivity contribution < 1.29 is 32.2 Å². The summed E-state index contributed by atoms with van der Waals surface area (Å²) in [4.78, 5) is 28.0. The van der Waals surface area contributed by atoms with Gasteiger partial charge in [-0.2, -0.15) is 4.31 Å². The number of carbonyl (C=O) groups is 2. The molecule has 0 spiro atoms. The van der Waals surface area contributed by atoms with Gasteiger partial charge in [0.1, 0.15) is 22.6 Å². The Bertz CT molecular complexity index is 1580. The molecule has 0 bridgehead atoms. The van der Waals surface area contributed by atoms with E-state index in [1.165, 1.54) is 38.4 Å². The van der Waals surface area contributed by atoms with Crippen LogP contribution in [0.5, 0.6) is 5.75 Å². The molecule has 0 fully saturated rings. The van der Waals surface area contributed by atoms with Crippen LogP contribution in [0.2, 0.25) is 0 Å². The number of sulfonamides is 1. The van der Waals surface area contributed by atoms with Gasteiger partial charge in [-0.05, 0) is 54.4 Å². The second kappa shape index (κ2) is 13.1. The number of amides is 3. The number of aliphatic hydroxyl groups is 1. The predicted octanol–water partition coefficient (Wildman–Crippen LogP) is 4.13. The third-order valence-electron chi connectivity index (χ3n) is 7.45. The van der Waals surface area contributed by atoms with Crippen molar-refractivity contribution in [2.45, 2.75) is 30.9 Å². The standard InChI is InChI=1S/C31H37FN4O6S/c1-20-17-36(21(2)19-37)43(40,41)29-15-14-24(22-10-12-23(13-11-22)30(38)34(3)4)16-27(29)42-28(20)18-35(5)31(39)33-26-9-7-6-8-25(26)32/h6-16,20-21,28,37H,17-19H2,1-5H3,(H,33,39)/t20-,21+,28+/m0/s1. The number of hydrogen-bond acceptors (Lipinski definition) is 6. The molecule has 43 heavy (non-hydrogen) atoms. The molecule has 3 atom stereocenters. The monoisotopic (exact) mass is 612 g/mol. The van der Waals surface area contributed by atoms with Gasteiger partial charge in [-0.25, -0.2) is 17.6 Å². The summed E-state index contributed by atoms with van der Waals surface area (Å²) in [6, 6.07) is 16.3. The number of rotatable bonds is 7. The molecule has 2 N–H and O–H groups in total. The molecular weight excluding hydrogens is 575 g/mol. The van der Waals surface area contributed by atoms with E-state index in [1.54, 1.807) is 70.5 Å². The molecule has 12 heteroatoms. The van der Waals surface area contributed by atoms with Crippen LogP contribution in [0.25, 0.3) is 11.1 Å². The molecule has 3 aromatic rings. The first-order valence-electron chi connectivity index (χ1n) is 13.9. The minimum absolute atomic E-state index is 0.0355. The number of aliphatic hydroxyl groups excluding tert-OH is 1. The number of para-hydroxylation sites is 1. The van der Waals surface area contributed by atoms with Crippen LogP contribution in [0.1, 0.15) is 24.2 Å². The number of benzene rings is 3. The number of likely N-dealkylation sites (N-methyl/N-ethyl adjacent to an activating group) is 1. The van der Waals surface area contributed by atoms with Gasteiger partial charge in [0.25, 0.3) is 5.91 Å². The summed E-state index contributed by atoms with van der Waals surface area (Å²) in [6.07, 6.45) is -0.658. The first-order chi connectivity index (χ1) is 20.3. The van der Waals surface area contributed by atoms with Crippen LogP contribution in [-0.2, 0) is 10.0 Å². The van der Waals surface area contributed by atoms with Crippen LogP contribution in [0.3, 0.4) is 0 Å². The molecule has 10 nitrogen and oxygen atoms in total. The van der Waals surface area contributed by atoms with Crippen molar-refractivity contribution in [3.05, 3.63) is 78.1 Å². The molecule has 0 saturated carbocycles. The summed E-state index contributed by atoms with van der Waals surface area (Å²) in [6.45, 7) is 3.16. The Kier molecular flexibility index (Phi) is 9.73. The molecule has 230 valence electrons. The number of carbonyl (C=O) groups excluding carboxylic acids is 2. The first kappa shape index (κ1) is 31.9. The molecule has 0 aromatic heterocycles. The van der Waals surface area contributed by atoms with Gasteiger partial charge >= 0.3 is 6.03 Å². The number of anilines is 1. The van der Waals surface area contributed by atoms with Crippen molar-refractivity contribution in [1.82, 2.24) is 14.1 Å². The lowest BCUT2D eigenvalue weighted by Gasteiger charge is -2.37. The zero-order valence-corrected chi connectivity index (χ0v) is 25.6. The Labute approximate surface area is 251 Å². The number of nitrogens with one attached hydrogen (secondary N) is 1. The fraction of sp³-hybridized carbons (Fsp3) is 0.355. The molecule has 4 rings (SSSR count). The van der Waals surface area contributed by atoms with Crippen molar-refractivity contribution in [3.8, 4) is 16.9 Å². The molecule has 3 aromatic carbocycles. The van der Waals surface area contributed by atoms with Gasteiger partial charge in [-0.15, -0.1) is 0 Å². The van der Waals surface area contributed by atoms with Gasteiger partial charge in [0.2, 0.25) is 10.0 Å². The van der Waals surface area contributed by atoms with E-state index in [4.69, 9.17) is 4.74 Å². The summed E-state index contributed by atoms with van der Waals surface area (Å²) in [7, 11) is 0.820. The highest BCUT2D eigenvalue weighted by Gasteiger charge is 2.38. The van der Waals surface area contributed by atoms with E-state index in [0.717, 1.165) is 5.56 Å². The maximum absolute atomic E-state index is 14.1. The van der Waals surface area contributed by atoms with E-state index < -0.39 is 39.9 Å². The molecule has 0 saturated heterocycles. The highest BCUT2D eigenvalue weighted by Crippen LogP contribution is 2.36. The molecule has 3 amide bonds. The quantitative estimate of drug-likeness (QED) is 0.414. The Hall–Kier alpha value is -4.00. The average Bonchev–Trinajstić information content (AvgIpc) is 2.99. The number of urea groups is 1. The third-order valence-corrected chi connectivity index (χ3v) is 9.47. The van der Waals surface area contributed by atoms with Gasteiger partial charge in [0.15, 0.2) is 0 Å². The van der Waals surface area contributed by atoms with Crippen LogP contribution in [0, 0.1) is 11.7 Å².